The molecule has 6 heteroatoms. The Kier molecular flexibility index (Phi) is 8.16. The summed E-state index contributed by atoms with van der Waals surface area (Å²) in [5.41, 5.74) is 0. The van der Waals surface area contributed by atoms with Crippen LogP contribution in [0.1, 0.15) is 33.1 Å². The summed E-state index contributed by atoms with van der Waals surface area (Å²) in [7, 11) is -2.89. The molecule has 0 fully saturated rings. The van der Waals surface area contributed by atoms with E-state index in [9.17, 15) is 13.2 Å². The monoisotopic (exact) mass is 264 g/mol. The number of rotatable bonds is 9. The molecule has 0 radical (unpaired) electrons. The minimum Gasteiger partial charge on any atom is -0.352 e. The largest absolute Gasteiger partial charge is 0.352 e. The number of sulfone groups is 1. The fourth-order valence-corrected chi connectivity index (χ4v) is 2.10. The summed E-state index contributed by atoms with van der Waals surface area (Å²) in [5, 5.41) is 5.84. The molecule has 0 unspecified atom stereocenters. The van der Waals surface area contributed by atoms with Gasteiger partial charge < -0.3 is 10.6 Å². The molecule has 1 amide bonds. The first kappa shape index (κ1) is 16.4. The Bertz CT molecular complexity index is 311. The molecular formula is C11H24N2O3S. The fraction of sp³-hybridized carbons (Fsp3) is 0.909. The molecule has 0 heterocycles. The van der Waals surface area contributed by atoms with Crippen molar-refractivity contribution in [1.29, 1.82) is 0 Å². The lowest BCUT2D eigenvalue weighted by molar-refractivity contribution is -0.121. The van der Waals surface area contributed by atoms with Crippen LogP contribution in [0.25, 0.3) is 0 Å². The minimum absolute atomic E-state index is 0.0296. The van der Waals surface area contributed by atoms with Gasteiger partial charge in [0.2, 0.25) is 5.91 Å². The zero-order valence-corrected chi connectivity index (χ0v) is 11.8. The minimum atomic E-state index is -2.89. The standard InChI is InChI=1S/C11H24N2O3S/c1-4-10(5-2)13-11(14)9-12-7-6-8-17(3,15)16/h10,12H,4-9H2,1-3H3,(H,13,14). The number of hydrogen-bond acceptors (Lipinski definition) is 4. The van der Waals surface area contributed by atoms with E-state index in [1.165, 1.54) is 6.26 Å². The maximum absolute atomic E-state index is 11.4. The molecular weight excluding hydrogens is 240 g/mol. The molecule has 0 aliphatic rings. The van der Waals surface area contributed by atoms with Crippen LogP contribution in [0.15, 0.2) is 0 Å². The van der Waals surface area contributed by atoms with E-state index in [0.717, 1.165) is 12.8 Å². The Morgan fingerprint density at radius 1 is 1.24 bits per heavy atom. The van der Waals surface area contributed by atoms with Gasteiger partial charge in [-0.3, -0.25) is 4.79 Å². The Morgan fingerprint density at radius 2 is 1.82 bits per heavy atom. The van der Waals surface area contributed by atoms with Gasteiger partial charge in [0.1, 0.15) is 9.84 Å². The van der Waals surface area contributed by atoms with Crippen molar-refractivity contribution < 1.29 is 13.2 Å². The highest BCUT2D eigenvalue weighted by molar-refractivity contribution is 7.90. The normalized spacial score (nSPS) is 11.8. The molecule has 0 spiro atoms. The lowest BCUT2D eigenvalue weighted by Crippen LogP contribution is -2.40. The first-order valence-electron chi connectivity index (χ1n) is 6.06. The van der Waals surface area contributed by atoms with Crippen LogP contribution in [-0.4, -0.2) is 45.5 Å². The average Bonchev–Trinajstić information content (AvgIpc) is 2.23. The summed E-state index contributed by atoms with van der Waals surface area (Å²) in [6.45, 7) is 4.87. The SMILES string of the molecule is CCC(CC)NC(=O)CNCCCS(C)(=O)=O. The van der Waals surface area contributed by atoms with Crippen molar-refractivity contribution in [3.8, 4) is 0 Å². The van der Waals surface area contributed by atoms with Crippen molar-refractivity contribution in [2.45, 2.75) is 39.2 Å². The first-order valence-corrected chi connectivity index (χ1v) is 8.12. The van der Waals surface area contributed by atoms with Gasteiger partial charge in [0.25, 0.3) is 0 Å². The molecule has 102 valence electrons. The van der Waals surface area contributed by atoms with E-state index in [4.69, 9.17) is 0 Å². The summed E-state index contributed by atoms with van der Waals surface area (Å²) in [6, 6.07) is 0.236. The van der Waals surface area contributed by atoms with E-state index in [2.05, 4.69) is 10.6 Å². The Balaban J connectivity index is 3.58. The van der Waals surface area contributed by atoms with E-state index < -0.39 is 9.84 Å². The third kappa shape index (κ3) is 10.3. The topological polar surface area (TPSA) is 75.3 Å². The van der Waals surface area contributed by atoms with Gasteiger partial charge >= 0.3 is 0 Å². The predicted molar refractivity (Wildman–Crippen MR) is 69.7 cm³/mol. The fourth-order valence-electron chi connectivity index (χ4n) is 1.43. The average molecular weight is 264 g/mol. The predicted octanol–water partition coefficient (Wildman–Crippen LogP) is 0.316. The lowest BCUT2D eigenvalue weighted by atomic mass is 10.2. The molecule has 0 aliphatic heterocycles. The summed E-state index contributed by atoms with van der Waals surface area (Å²) in [5.74, 6) is 0.131. The van der Waals surface area contributed by atoms with Gasteiger partial charge in [-0.05, 0) is 25.8 Å². The molecule has 0 aromatic carbocycles. The van der Waals surface area contributed by atoms with E-state index in [0.29, 0.717) is 13.0 Å². The maximum atomic E-state index is 11.4. The second-order valence-corrected chi connectivity index (χ2v) is 6.50. The number of carbonyl (C=O) groups is 1. The van der Waals surface area contributed by atoms with Crippen LogP contribution in [0.2, 0.25) is 0 Å². The molecule has 5 nitrogen and oxygen atoms in total. The van der Waals surface area contributed by atoms with Crippen molar-refractivity contribution in [3.05, 3.63) is 0 Å². The molecule has 0 rings (SSSR count). The molecule has 0 aliphatic carbocycles. The van der Waals surface area contributed by atoms with Gasteiger partial charge in [0, 0.05) is 12.3 Å². The van der Waals surface area contributed by atoms with E-state index in [1.54, 1.807) is 0 Å². The number of hydrogen-bond donors (Lipinski definition) is 2. The third-order valence-corrected chi connectivity index (χ3v) is 3.54. The molecule has 0 aromatic rings. The van der Waals surface area contributed by atoms with E-state index in [1.807, 2.05) is 13.8 Å². The highest BCUT2D eigenvalue weighted by atomic mass is 32.2. The highest BCUT2D eigenvalue weighted by Crippen LogP contribution is 1.95. The number of amides is 1. The van der Waals surface area contributed by atoms with Crippen LogP contribution in [0.4, 0.5) is 0 Å². The van der Waals surface area contributed by atoms with Gasteiger partial charge in [-0.2, -0.15) is 0 Å². The van der Waals surface area contributed by atoms with Gasteiger partial charge in [-0.1, -0.05) is 13.8 Å². The van der Waals surface area contributed by atoms with Crippen LogP contribution < -0.4 is 10.6 Å². The quantitative estimate of drug-likeness (QED) is 0.588. The Morgan fingerprint density at radius 3 is 2.29 bits per heavy atom. The number of nitrogens with one attached hydrogen (secondary N) is 2. The molecule has 2 N–H and O–H groups in total. The van der Waals surface area contributed by atoms with Crippen molar-refractivity contribution in [2.24, 2.45) is 0 Å². The van der Waals surface area contributed by atoms with Crippen molar-refractivity contribution in [1.82, 2.24) is 10.6 Å². The van der Waals surface area contributed by atoms with Crippen LogP contribution >= 0.6 is 0 Å². The molecule has 17 heavy (non-hydrogen) atoms. The molecule has 0 bridgehead atoms. The Labute approximate surface area is 104 Å². The van der Waals surface area contributed by atoms with Gasteiger partial charge in [0.15, 0.2) is 0 Å². The number of carbonyl (C=O) groups excluding carboxylic acids is 1. The summed E-state index contributed by atoms with van der Waals surface area (Å²) >= 11 is 0. The maximum Gasteiger partial charge on any atom is 0.234 e. The smallest absolute Gasteiger partial charge is 0.234 e. The third-order valence-electron chi connectivity index (χ3n) is 2.50. The van der Waals surface area contributed by atoms with E-state index in [-0.39, 0.29) is 24.2 Å². The molecule has 0 atom stereocenters. The van der Waals surface area contributed by atoms with Crippen molar-refractivity contribution in [3.63, 3.8) is 0 Å². The van der Waals surface area contributed by atoms with E-state index >= 15 is 0 Å². The Hall–Kier alpha value is -0.620. The lowest BCUT2D eigenvalue weighted by Gasteiger charge is -2.14. The van der Waals surface area contributed by atoms with Crippen LogP contribution in [0.3, 0.4) is 0 Å². The van der Waals surface area contributed by atoms with Crippen LogP contribution in [-0.2, 0) is 14.6 Å². The van der Waals surface area contributed by atoms with Crippen LogP contribution in [0, 0.1) is 0 Å². The zero-order valence-electron chi connectivity index (χ0n) is 11.0. The first-order chi connectivity index (χ1) is 7.89. The second kappa shape index (κ2) is 8.47. The summed E-state index contributed by atoms with van der Waals surface area (Å²) in [6.07, 6.45) is 3.61. The van der Waals surface area contributed by atoms with Crippen LogP contribution in [0.5, 0.6) is 0 Å². The molecule has 0 saturated heterocycles. The highest BCUT2D eigenvalue weighted by Gasteiger charge is 2.07. The van der Waals surface area contributed by atoms with Crippen molar-refractivity contribution in [2.75, 3.05) is 25.1 Å². The van der Waals surface area contributed by atoms with Gasteiger partial charge in [0.05, 0.1) is 12.3 Å². The second-order valence-electron chi connectivity index (χ2n) is 4.24. The molecule has 0 saturated carbocycles. The zero-order chi connectivity index (χ0) is 13.3. The summed E-state index contributed by atoms with van der Waals surface area (Å²) < 4.78 is 21.7. The van der Waals surface area contributed by atoms with Crippen molar-refractivity contribution >= 4 is 15.7 Å². The summed E-state index contributed by atoms with van der Waals surface area (Å²) in [4.78, 5) is 11.4. The van der Waals surface area contributed by atoms with Gasteiger partial charge in [-0.25, -0.2) is 8.42 Å². The molecule has 0 aromatic heterocycles. The van der Waals surface area contributed by atoms with Gasteiger partial charge in [-0.15, -0.1) is 0 Å².